The van der Waals surface area contributed by atoms with Crippen molar-refractivity contribution in [3.8, 4) is 11.5 Å². The minimum absolute atomic E-state index is 0.0162. The molecular formula is C20H16F2N4O5. The fourth-order valence-electron chi connectivity index (χ4n) is 3.27. The van der Waals surface area contributed by atoms with E-state index in [4.69, 9.17) is 0 Å². The molecule has 2 heterocycles. The van der Waals surface area contributed by atoms with Gasteiger partial charge in [-0.3, -0.25) is 19.6 Å². The van der Waals surface area contributed by atoms with Crippen LogP contribution in [0.25, 0.3) is 0 Å². The van der Waals surface area contributed by atoms with Gasteiger partial charge in [0, 0.05) is 17.3 Å². The Kier molecular flexibility index (Phi) is 4.80. The number of carbonyl (C=O) groups is 1. The van der Waals surface area contributed by atoms with Gasteiger partial charge in [-0.15, -0.1) is 8.78 Å². The van der Waals surface area contributed by atoms with Crippen molar-refractivity contribution in [2.24, 2.45) is 0 Å². The number of aromatic nitrogens is 2. The number of halogens is 2. The lowest BCUT2D eigenvalue weighted by atomic mass is 10.1. The van der Waals surface area contributed by atoms with Crippen LogP contribution in [0.2, 0.25) is 0 Å². The van der Waals surface area contributed by atoms with Crippen molar-refractivity contribution in [1.29, 1.82) is 0 Å². The van der Waals surface area contributed by atoms with E-state index < -0.39 is 17.1 Å². The van der Waals surface area contributed by atoms with Crippen LogP contribution in [-0.4, -0.2) is 26.9 Å². The number of nitro groups is 1. The highest BCUT2D eigenvalue weighted by Gasteiger charge is 2.43. The number of nitrogens with zero attached hydrogens (tertiary/aromatic N) is 3. The molecule has 0 saturated heterocycles. The lowest BCUT2D eigenvalue weighted by Crippen LogP contribution is -2.25. The second-order valence-electron chi connectivity index (χ2n) is 6.91. The third kappa shape index (κ3) is 4.02. The summed E-state index contributed by atoms with van der Waals surface area (Å²) in [4.78, 5) is 23.1. The Bertz CT molecular complexity index is 1190. The molecule has 9 nitrogen and oxygen atoms in total. The topological polar surface area (TPSA) is 109 Å². The minimum Gasteiger partial charge on any atom is -0.395 e. The van der Waals surface area contributed by atoms with Crippen molar-refractivity contribution in [2.45, 2.75) is 26.7 Å². The van der Waals surface area contributed by atoms with E-state index in [1.165, 1.54) is 22.9 Å². The number of carbonyl (C=O) groups excluding carboxylic acids is 1. The second kappa shape index (κ2) is 7.35. The number of aryl methyl sites for hydroxylation is 1. The summed E-state index contributed by atoms with van der Waals surface area (Å²) in [6, 6.07) is 10.5. The number of hydrogen-bond donors (Lipinski definition) is 1. The Labute approximate surface area is 174 Å². The number of anilines is 1. The Balaban J connectivity index is 1.45. The van der Waals surface area contributed by atoms with Gasteiger partial charge in [0.15, 0.2) is 11.5 Å². The number of rotatable bonds is 5. The number of hydrogen-bond acceptors (Lipinski definition) is 6. The largest absolute Gasteiger partial charge is 0.586 e. The maximum absolute atomic E-state index is 13.1. The molecule has 1 aliphatic rings. The molecule has 0 bridgehead atoms. The van der Waals surface area contributed by atoms with Crippen molar-refractivity contribution >= 4 is 17.3 Å². The molecule has 3 aromatic rings. The zero-order chi connectivity index (χ0) is 22.3. The van der Waals surface area contributed by atoms with Crippen LogP contribution >= 0.6 is 0 Å². The Morgan fingerprint density at radius 3 is 2.48 bits per heavy atom. The molecule has 1 aromatic heterocycles. The van der Waals surface area contributed by atoms with Gasteiger partial charge in [-0.2, -0.15) is 5.10 Å². The summed E-state index contributed by atoms with van der Waals surface area (Å²) in [5.41, 5.74) is 2.16. The van der Waals surface area contributed by atoms with Crippen LogP contribution < -0.4 is 14.8 Å². The van der Waals surface area contributed by atoms with Crippen LogP contribution in [0, 0.1) is 24.0 Å². The molecule has 0 aliphatic carbocycles. The summed E-state index contributed by atoms with van der Waals surface area (Å²) >= 11 is 0. The van der Waals surface area contributed by atoms with Crippen LogP contribution in [0.1, 0.15) is 27.3 Å². The van der Waals surface area contributed by atoms with Gasteiger partial charge < -0.3 is 14.8 Å². The average Bonchev–Trinajstić information content (AvgIpc) is 3.15. The molecule has 0 saturated carbocycles. The molecule has 2 aromatic carbocycles. The lowest BCUT2D eigenvalue weighted by Gasteiger charge is -2.08. The first-order valence-electron chi connectivity index (χ1n) is 9.11. The van der Waals surface area contributed by atoms with Gasteiger partial charge in [0.2, 0.25) is 0 Å². The molecule has 0 radical (unpaired) electrons. The molecule has 0 atom stereocenters. The van der Waals surface area contributed by atoms with E-state index in [0.717, 1.165) is 5.56 Å². The van der Waals surface area contributed by atoms with E-state index in [-0.39, 0.29) is 22.9 Å². The molecule has 1 amide bonds. The maximum Gasteiger partial charge on any atom is 0.586 e. The molecular weight excluding hydrogens is 414 g/mol. The van der Waals surface area contributed by atoms with Gasteiger partial charge in [-0.25, -0.2) is 0 Å². The van der Waals surface area contributed by atoms with E-state index in [9.17, 15) is 23.7 Å². The van der Waals surface area contributed by atoms with Crippen LogP contribution in [0.15, 0.2) is 42.5 Å². The van der Waals surface area contributed by atoms with Crippen molar-refractivity contribution in [1.82, 2.24) is 9.78 Å². The van der Waals surface area contributed by atoms with Crippen molar-refractivity contribution in [3.63, 3.8) is 0 Å². The monoisotopic (exact) mass is 430 g/mol. The fraction of sp³-hybridized carbons (Fsp3) is 0.200. The highest BCUT2D eigenvalue weighted by molar-refractivity contribution is 6.04. The summed E-state index contributed by atoms with van der Waals surface area (Å²) in [5, 5.41) is 17.9. The summed E-state index contributed by atoms with van der Waals surface area (Å²) in [7, 11) is 0. The fourth-order valence-corrected chi connectivity index (χ4v) is 3.27. The molecule has 0 fully saturated rings. The van der Waals surface area contributed by atoms with E-state index in [2.05, 4.69) is 19.9 Å². The second-order valence-corrected chi connectivity index (χ2v) is 6.91. The molecule has 31 heavy (non-hydrogen) atoms. The molecule has 4 rings (SSSR count). The van der Waals surface area contributed by atoms with Crippen LogP contribution in [0.3, 0.4) is 0 Å². The van der Waals surface area contributed by atoms with Gasteiger partial charge in [-0.1, -0.05) is 12.1 Å². The molecule has 1 aliphatic heterocycles. The SMILES string of the molecule is Cc1nn(Cc2ccc(C(=O)Nc3ccc4c(c3)OC(F)(F)O4)cc2)c(C)c1[N+](=O)[O-]. The molecule has 160 valence electrons. The van der Waals surface area contributed by atoms with E-state index in [1.54, 1.807) is 38.1 Å². The summed E-state index contributed by atoms with van der Waals surface area (Å²) in [5.74, 6) is -0.729. The van der Waals surface area contributed by atoms with E-state index in [1.807, 2.05) is 0 Å². The van der Waals surface area contributed by atoms with Gasteiger partial charge in [0.1, 0.15) is 11.4 Å². The third-order valence-corrected chi connectivity index (χ3v) is 4.73. The number of fused-ring (bicyclic) bond motifs is 1. The highest BCUT2D eigenvalue weighted by Crippen LogP contribution is 2.42. The standard InChI is InChI=1S/C20H16F2N4O5/c1-11-18(26(28)29)12(2)25(24-11)10-13-3-5-14(6-4-13)19(27)23-15-7-8-16-17(9-15)31-20(21,22)30-16/h3-9H,10H2,1-2H3,(H,23,27). The predicted molar refractivity (Wildman–Crippen MR) is 104 cm³/mol. The van der Waals surface area contributed by atoms with Crippen LogP contribution in [-0.2, 0) is 6.54 Å². The average molecular weight is 430 g/mol. The first-order valence-corrected chi connectivity index (χ1v) is 9.11. The number of nitrogens with one attached hydrogen (secondary N) is 1. The van der Waals surface area contributed by atoms with Gasteiger partial charge in [0.25, 0.3) is 5.91 Å². The highest BCUT2D eigenvalue weighted by atomic mass is 19.3. The van der Waals surface area contributed by atoms with E-state index >= 15 is 0 Å². The van der Waals surface area contributed by atoms with Gasteiger partial charge in [0.05, 0.1) is 11.5 Å². The number of alkyl halides is 2. The lowest BCUT2D eigenvalue weighted by molar-refractivity contribution is -0.386. The van der Waals surface area contributed by atoms with Crippen LogP contribution in [0.4, 0.5) is 20.2 Å². The van der Waals surface area contributed by atoms with Crippen molar-refractivity contribution < 1.29 is 28.0 Å². The van der Waals surface area contributed by atoms with E-state index in [0.29, 0.717) is 23.5 Å². The first-order chi connectivity index (χ1) is 14.6. The van der Waals surface area contributed by atoms with Crippen molar-refractivity contribution in [3.05, 3.63) is 75.1 Å². The Hall–Kier alpha value is -4.02. The number of benzene rings is 2. The van der Waals surface area contributed by atoms with Gasteiger partial charge >= 0.3 is 12.0 Å². The van der Waals surface area contributed by atoms with Gasteiger partial charge in [-0.05, 0) is 43.7 Å². The number of ether oxygens (including phenoxy) is 2. The van der Waals surface area contributed by atoms with Crippen LogP contribution in [0.5, 0.6) is 11.5 Å². The maximum atomic E-state index is 13.1. The molecule has 0 unspecified atom stereocenters. The Morgan fingerprint density at radius 2 is 1.84 bits per heavy atom. The minimum atomic E-state index is -3.73. The summed E-state index contributed by atoms with van der Waals surface area (Å²) in [6.45, 7) is 3.51. The third-order valence-electron chi connectivity index (χ3n) is 4.73. The molecule has 0 spiro atoms. The van der Waals surface area contributed by atoms with Crippen molar-refractivity contribution in [2.75, 3.05) is 5.32 Å². The predicted octanol–water partition coefficient (Wildman–Crippen LogP) is 4.03. The molecule has 1 N–H and O–H groups in total. The zero-order valence-electron chi connectivity index (χ0n) is 16.4. The normalized spacial score (nSPS) is 13.8. The summed E-state index contributed by atoms with van der Waals surface area (Å²) < 4.78 is 36.4. The number of amides is 1. The zero-order valence-corrected chi connectivity index (χ0v) is 16.4. The molecule has 11 heteroatoms. The smallest absolute Gasteiger partial charge is 0.395 e. The first kappa shape index (κ1) is 20.3. The summed E-state index contributed by atoms with van der Waals surface area (Å²) in [6.07, 6.45) is -3.73. The Morgan fingerprint density at radius 1 is 1.16 bits per heavy atom. The quantitative estimate of drug-likeness (QED) is 0.484.